The van der Waals surface area contributed by atoms with Gasteiger partial charge < -0.3 is 4.98 Å². The normalized spacial score (nSPS) is 12.0. The first kappa shape index (κ1) is 14.1. The van der Waals surface area contributed by atoms with Gasteiger partial charge in [-0.05, 0) is 13.8 Å². The van der Waals surface area contributed by atoms with Crippen molar-refractivity contribution in [3.8, 4) is 0 Å². The molecule has 1 rings (SSSR count). The highest BCUT2D eigenvalue weighted by atomic mass is 32.2. The number of aromatic nitrogens is 1. The van der Waals surface area contributed by atoms with Crippen LogP contribution in [0.15, 0.2) is 21.2 Å². The van der Waals surface area contributed by atoms with Gasteiger partial charge in [0.25, 0.3) is 10.0 Å². The molecule has 5 nitrogen and oxygen atoms in total. The van der Waals surface area contributed by atoms with Crippen molar-refractivity contribution in [2.24, 2.45) is 0 Å². The summed E-state index contributed by atoms with van der Waals surface area (Å²) >= 11 is 0.722. The lowest BCUT2D eigenvalue weighted by molar-refractivity contribution is 0.454. The predicted octanol–water partition coefficient (Wildman–Crippen LogP) is 1.33. The number of hydrogen-bond acceptors (Lipinski definition) is 4. The zero-order valence-electron chi connectivity index (χ0n) is 10.1. The molecule has 1 aromatic rings. The van der Waals surface area contributed by atoms with Crippen molar-refractivity contribution >= 4 is 21.4 Å². The van der Waals surface area contributed by atoms with Crippen LogP contribution in [0.25, 0.3) is 0 Å². The van der Waals surface area contributed by atoms with Gasteiger partial charge in [-0.25, -0.2) is 8.42 Å². The maximum Gasteiger partial charge on any atom is 0.305 e. The van der Waals surface area contributed by atoms with Crippen LogP contribution >= 0.6 is 11.3 Å². The van der Waals surface area contributed by atoms with Gasteiger partial charge in [-0.1, -0.05) is 30.4 Å². The Morgan fingerprint density at radius 3 is 2.47 bits per heavy atom. The van der Waals surface area contributed by atoms with E-state index in [-0.39, 0.29) is 15.6 Å². The molecule has 0 bridgehead atoms. The summed E-state index contributed by atoms with van der Waals surface area (Å²) in [6.07, 6.45) is 0. The minimum absolute atomic E-state index is 0.0885. The molecule has 0 saturated carbocycles. The van der Waals surface area contributed by atoms with Crippen molar-refractivity contribution in [1.29, 1.82) is 0 Å². The number of hydrogen-bond donors (Lipinski definition) is 1. The van der Waals surface area contributed by atoms with E-state index >= 15 is 0 Å². The minimum atomic E-state index is -3.60. The molecule has 0 spiro atoms. The second-order valence-corrected chi connectivity index (χ2v) is 6.93. The molecule has 0 aliphatic carbocycles. The number of nitrogens with zero attached hydrogens (tertiary/aromatic N) is 1. The van der Waals surface area contributed by atoms with E-state index in [9.17, 15) is 13.2 Å². The summed E-state index contributed by atoms with van der Waals surface area (Å²) in [4.78, 5) is 13.3. The smallest absolute Gasteiger partial charge is 0.305 e. The van der Waals surface area contributed by atoms with Crippen LogP contribution in [0.1, 0.15) is 19.5 Å². The highest BCUT2D eigenvalue weighted by molar-refractivity contribution is 7.91. The van der Waals surface area contributed by atoms with Gasteiger partial charge in [-0.15, -0.1) is 0 Å². The molecule has 0 unspecified atom stereocenters. The number of thiazole rings is 1. The largest absolute Gasteiger partial charge is 0.315 e. The highest BCUT2D eigenvalue weighted by Gasteiger charge is 2.27. The second kappa shape index (κ2) is 5.16. The first-order valence-electron chi connectivity index (χ1n) is 5.13. The maximum atomic E-state index is 12.3. The first-order valence-corrected chi connectivity index (χ1v) is 7.39. The van der Waals surface area contributed by atoms with Crippen molar-refractivity contribution in [2.45, 2.75) is 25.0 Å². The fourth-order valence-electron chi connectivity index (χ4n) is 1.42. The number of nitrogens with one attached hydrogen (secondary N) is 1. The van der Waals surface area contributed by atoms with Crippen LogP contribution < -0.4 is 4.87 Å². The van der Waals surface area contributed by atoms with Crippen LogP contribution in [-0.2, 0) is 10.0 Å². The van der Waals surface area contributed by atoms with Gasteiger partial charge in [0.2, 0.25) is 0 Å². The van der Waals surface area contributed by atoms with E-state index in [2.05, 4.69) is 11.6 Å². The first-order chi connectivity index (χ1) is 7.78. The van der Waals surface area contributed by atoms with E-state index in [1.54, 1.807) is 20.8 Å². The number of sulfonamides is 1. The summed E-state index contributed by atoms with van der Waals surface area (Å²) in [7, 11) is -3.60. The van der Waals surface area contributed by atoms with Crippen molar-refractivity contribution in [3.63, 3.8) is 0 Å². The number of aromatic amines is 1. The van der Waals surface area contributed by atoms with Gasteiger partial charge in [-0.2, -0.15) is 4.31 Å². The van der Waals surface area contributed by atoms with Crippen molar-refractivity contribution in [2.75, 3.05) is 13.1 Å². The number of H-pyrrole nitrogens is 1. The standard InChI is InChI=1S/C10H16N2O3S2/c1-5-12(6-7(2)3)17(14,15)9-8(4)11-10(13)16-9/h2,5-6H2,1,3-4H3,(H,11,13). The molecule has 1 aromatic heterocycles. The molecule has 0 aromatic carbocycles. The molecule has 0 fully saturated rings. The van der Waals surface area contributed by atoms with Crippen molar-refractivity contribution in [3.05, 3.63) is 27.5 Å². The molecule has 96 valence electrons. The van der Waals surface area contributed by atoms with Crippen molar-refractivity contribution < 1.29 is 8.42 Å². The molecular formula is C10H16N2O3S2. The van der Waals surface area contributed by atoms with Crippen LogP contribution in [0.4, 0.5) is 0 Å². The lowest BCUT2D eigenvalue weighted by atomic mass is 10.3. The lowest BCUT2D eigenvalue weighted by Gasteiger charge is -2.19. The lowest BCUT2D eigenvalue weighted by Crippen LogP contribution is -2.32. The highest BCUT2D eigenvalue weighted by Crippen LogP contribution is 2.21. The van der Waals surface area contributed by atoms with E-state index in [0.717, 1.165) is 16.9 Å². The van der Waals surface area contributed by atoms with Gasteiger partial charge in [-0.3, -0.25) is 4.79 Å². The topological polar surface area (TPSA) is 70.2 Å². The van der Waals surface area contributed by atoms with Crippen LogP contribution in [0, 0.1) is 6.92 Å². The van der Waals surface area contributed by atoms with Gasteiger partial charge in [0.05, 0.1) is 0 Å². The summed E-state index contributed by atoms with van der Waals surface area (Å²) in [5.41, 5.74) is 1.15. The van der Waals surface area contributed by atoms with E-state index in [1.165, 1.54) is 4.31 Å². The average Bonchev–Trinajstić information content (AvgIpc) is 2.54. The van der Waals surface area contributed by atoms with E-state index in [1.807, 2.05) is 0 Å². The van der Waals surface area contributed by atoms with Crippen molar-refractivity contribution in [1.82, 2.24) is 9.29 Å². The monoisotopic (exact) mass is 276 g/mol. The molecule has 0 aliphatic rings. The molecule has 0 atom stereocenters. The zero-order chi connectivity index (χ0) is 13.2. The van der Waals surface area contributed by atoms with E-state index in [0.29, 0.717) is 12.2 Å². The SMILES string of the molecule is C=C(C)CN(CC)S(=O)(=O)c1sc(=O)[nH]c1C. The molecule has 0 radical (unpaired) electrons. The van der Waals surface area contributed by atoms with Crippen LogP contribution in [-0.4, -0.2) is 30.8 Å². The van der Waals surface area contributed by atoms with E-state index in [4.69, 9.17) is 0 Å². The third-order valence-electron chi connectivity index (χ3n) is 2.15. The Hall–Kier alpha value is -0.920. The molecule has 7 heteroatoms. The molecule has 0 saturated heterocycles. The Bertz CT molecular complexity index is 569. The summed E-state index contributed by atoms with van der Waals surface area (Å²) in [5.74, 6) is 0. The summed E-state index contributed by atoms with van der Waals surface area (Å²) in [5, 5.41) is 0. The van der Waals surface area contributed by atoms with E-state index < -0.39 is 10.0 Å². The number of rotatable bonds is 5. The molecule has 0 amide bonds. The fourth-order valence-corrected chi connectivity index (χ4v) is 4.37. The summed E-state index contributed by atoms with van der Waals surface area (Å²) < 4.78 is 25.9. The van der Waals surface area contributed by atoms with Gasteiger partial charge in [0.1, 0.15) is 0 Å². The van der Waals surface area contributed by atoms with Crippen LogP contribution in [0.2, 0.25) is 0 Å². The summed E-state index contributed by atoms with van der Waals surface area (Å²) in [6, 6.07) is 0. The van der Waals surface area contributed by atoms with Gasteiger partial charge >= 0.3 is 4.87 Å². The molecular weight excluding hydrogens is 260 g/mol. The Morgan fingerprint density at radius 2 is 2.12 bits per heavy atom. The maximum absolute atomic E-state index is 12.3. The Morgan fingerprint density at radius 1 is 1.53 bits per heavy atom. The molecule has 1 heterocycles. The molecule has 0 aliphatic heterocycles. The third kappa shape index (κ3) is 3.05. The third-order valence-corrected chi connectivity index (χ3v) is 5.66. The quantitative estimate of drug-likeness (QED) is 0.825. The van der Waals surface area contributed by atoms with Gasteiger partial charge in [0.15, 0.2) is 4.21 Å². The summed E-state index contributed by atoms with van der Waals surface area (Å²) in [6.45, 7) is 9.43. The number of aryl methyl sites for hydroxylation is 1. The predicted molar refractivity (Wildman–Crippen MR) is 68.9 cm³/mol. The minimum Gasteiger partial charge on any atom is -0.315 e. The fraction of sp³-hybridized carbons (Fsp3) is 0.500. The Labute approximate surface area is 105 Å². The Balaban J connectivity index is 3.22. The zero-order valence-corrected chi connectivity index (χ0v) is 11.7. The average molecular weight is 276 g/mol. The number of likely N-dealkylation sites (N-methyl/N-ethyl adjacent to an activating group) is 1. The molecule has 17 heavy (non-hydrogen) atoms. The second-order valence-electron chi connectivity index (χ2n) is 3.82. The molecule has 1 N–H and O–H groups in total. The van der Waals surface area contributed by atoms with Crippen LogP contribution in [0.3, 0.4) is 0 Å². The van der Waals surface area contributed by atoms with Gasteiger partial charge in [0, 0.05) is 18.8 Å². The van der Waals surface area contributed by atoms with Crippen LogP contribution in [0.5, 0.6) is 0 Å². The Kier molecular flexibility index (Phi) is 4.29.